The van der Waals surface area contributed by atoms with Crippen LogP contribution in [0.3, 0.4) is 0 Å². The van der Waals surface area contributed by atoms with Gasteiger partial charge >= 0.3 is 18.2 Å². The van der Waals surface area contributed by atoms with Crippen molar-refractivity contribution in [2.24, 2.45) is 5.92 Å². The molecule has 0 spiro atoms. The average molecular weight is 746 g/mol. The van der Waals surface area contributed by atoms with Gasteiger partial charge in [-0.2, -0.15) is 0 Å². The van der Waals surface area contributed by atoms with Crippen LogP contribution in [-0.2, 0) is 23.8 Å². The third-order valence-electron chi connectivity index (χ3n) is 10.8. The number of methoxy groups -OCH3 is 1. The zero-order chi connectivity index (χ0) is 38.6. The van der Waals surface area contributed by atoms with Crippen molar-refractivity contribution in [1.82, 2.24) is 16.0 Å². The SMILES string of the molecule is CNCCCC[C@H](CC(=O)[C@H](CCCCNC(=O)OCC1c2ccccc2-c2ccccc21)NC(=O)OCC1c2ccccc2-c2ccccc21)C(=O)OC. The minimum Gasteiger partial charge on any atom is -0.469 e. The molecule has 0 bridgehead atoms. The predicted molar refractivity (Wildman–Crippen MR) is 212 cm³/mol. The summed E-state index contributed by atoms with van der Waals surface area (Å²) in [4.78, 5) is 52.5. The van der Waals surface area contributed by atoms with Crippen molar-refractivity contribution in [3.8, 4) is 22.3 Å². The van der Waals surface area contributed by atoms with Crippen LogP contribution in [0.25, 0.3) is 22.3 Å². The molecule has 0 radical (unpaired) electrons. The highest BCUT2D eigenvalue weighted by molar-refractivity contribution is 5.90. The van der Waals surface area contributed by atoms with Gasteiger partial charge < -0.3 is 30.2 Å². The number of benzene rings is 4. The van der Waals surface area contributed by atoms with Gasteiger partial charge in [-0.3, -0.25) is 9.59 Å². The predicted octanol–water partition coefficient (Wildman–Crippen LogP) is 7.74. The van der Waals surface area contributed by atoms with Crippen LogP contribution in [0.1, 0.15) is 79.0 Å². The molecule has 2 aliphatic rings. The molecule has 0 aromatic heterocycles. The molecule has 0 saturated heterocycles. The van der Waals surface area contributed by atoms with Crippen LogP contribution in [0.5, 0.6) is 0 Å². The third kappa shape index (κ3) is 9.61. The highest BCUT2D eigenvalue weighted by atomic mass is 16.6. The average Bonchev–Trinajstić information content (AvgIpc) is 3.71. The molecular formula is C45H51N3O7. The highest BCUT2D eigenvalue weighted by Crippen LogP contribution is 2.45. The molecule has 2 atom stereocenters. The number of hydrogen-bond acceptors (Lipinski definition) is 8. The number of fused-ring (bicyclic) bond motifs is 6. The van der Waals surface area contributed by atoms with Crippen molar-refractivity contribution in [3.05, 3.63) is 119 Å². The number of nitrogens with one attached hydrogen (secondary N) is 3. The second-order valence-corrected chi connectivity index (χ2v) is 14.3. The molecular weight excluding hydrogens is 695 g/mol. The van der Waals surface area contributed by atoms with E-state index in [2.05, 4.69) is 52.3 Å². The van der Waals surface area contributed by atoms with Crippen LogP contribution in [-0.4, -0.2) is 70.4 Å². The van der Waals surface area contributed by atoms with Crippen molar-refractivity contribution in [2.75, 3.05) is 40.5 Å². The number of carbonyl (C=O) groups is 4. The van der Waals surface area contributed by atoms with Gasteiger partial charge in [0.15, 0.2) is 5.78 Å². The summed E-state index contributed by atoms with van der Waals surface area (Å²) in [7, 11) is 3.19. The molecule has 4 aromatic rings. The molecule has 6 rings (SSSR count). The van der Waals surface area contributed by atoms with Gasteiger partial charge in [-0.15, -0.1) is 0 Å². The first-order valence-corrected chi connectivity index (χ1v) is 19.3. The molecule has 55 heavy (non-hydrogen) atoms. The van der Waals surface area contributed by atoms with Gasteiger partial charge in [0.05, 0.1) is 19.1 Å². The minimum absolute atomic E-state index is 0.0361. The fourth-order valence-corrected chi connectivity index (χ4v) is 7.96. The second kappa shape index (κ2) is 19.2. The largest absolute Gasteiger partial charge is 0.469 e. The highest BCUT2D eigenvalue weighted by Gasteiger charge is 2.32. The van der Waals surface area contributed by atoms with E-state index in [-0.39, 0.29) is 37.3 Å². The van der Waals surface area contributed by atoms with Crippen LogP contribution in [0.15, 0.2) is 97.1 Å². The number of carbonyl (C=O) groups excluding carboxylic acids is 4. The van der Waals surface area contributed by atoms with Crippen LogP contribution in [0, 0.1) is 5.92 Å². The van der Waals surface area contributed by atoms with E-state index in [9.17, 15) is 19.2 Å². The van der Waals surface area contributed by atoms with E-state index in [1.54, 1.807) is 0 Å². The standard InChI is InChI=1S/C45H51N3O7/c1-46-25-13-11-15-30(43(50)53-2)27-42(49)41(48-45(52)55-29-40-37-22-9-5-18-33(37)34-19-6-10-23-38(34)40)24-12-14-26-47-44(51)54-28-39-35-20-7-3-16-31(35)32-17-4-8-21-36(32)39/h3-10,16-23,30,39-41,46H,11-15,24-29H2,1-2H3,(H,47,51)(H,48,52)/t30-,41+/m1/s1. The summed E-state index contributed by atoms with van der Waals surface area (Å²) in [5.41, 5.74) is 9.03. The third-order valence-corrected chi connectivity index (χ3v) is 10.8. The molecule has 0 unspecified atom stereocenters. The summed E-state index contributed by atoms with van der Waals surface area (Å²) in [6, 6.07) is 31.7. The Balaban J connectivity index is 1.03. The number of Topliss-reactive ketones (excluding diaryl/α,β-unsaturated/α-hetero) is 1. The fraction of sp³-hybridized carbons (Fsp3) is 0.378. The van der Waals surface area contributed by atoms with Crippen molar-refractivity contribution < 1.29 is 33.4 Å². The Morgan fingerprint density at radius 1 is 0.600 bits per heavy atom. The maximum Gasteiger partial charge on any atom is 0.407 e. The molecule has 10 heteroatoms. The number of unbranched alkanes of at least 4 members (excludes halogenated alkanes) is 2. The zero-order valence-corrected chi connectivity index (χ0v) is 31.7. The first kappa shape index (κ1) is 39.2. The van der Waals surface area contributed by atoms with Crippen molar-refractivity contribution >= 4 is 23.9 Å². The van der Waals surface area contributed by atoms with Gasteiger partial charge in [-0.1, -0.05) is 103 Å². The fourth-order valence-electron chi connectivity index (χ4n) is 7.96. The zero-order valence-electron chi connectivity index (χ0n) is 31.7. The Kier molecular flexibility index (Phi) is 13.7. The van der Waals surface area contributed by atoms with Crippen LogP contribution >= 0.6 is 0 Å². The number of ether oxygens (including phenoxy) is 3. The van der Waals surface area contributed by atoms with E-state index in [1.165, 1.54) is 7.11 Å². The molecule has 0 fully saturated rings. The van der Waals surface area contributed by atoms with Crippen molar-refractivity contribution in [1.29, 1.82) is 0 Å². The molecule has 0 aliphatic heterocycles. The summed E-state index contributed by atoms with van der Waals surface area (Å²) in [6.07, 6.45) is 2.23. The maximum atomic E-state index is 13.8. The lowest BCUT2D eigenvalue weighted by molar-refractivity contribution is -0.147. The molecule has 0 saturated carbocycles. The molecule has 288 valence electrons. The first-order chi connectivity index (χ1) is 26.9. The first-order valence-electron chi connectivity index (χ1n) is 19.3. The summed E-state index contributed by atoms with van der Waals surface area (Å²) in [5.74, 6) is -1.48. The van der Waals surface area contributed by atoms with E-state index < -0.39 is 30.1 Å². The Morgan fingerprint density at radius 2 is 1.05 bits per heavy atom. The monoisotopic (exact) mass is 745 g/mol. The molecule has 2 amide bonds. The Hall–Kier alpha value is -5.48. The molecule has 4 aromatic carbocycles. The lowest BCUT2D eigenvalue weighted by Gasteiger charge is -2.21. The molecule has 2 aliphatic carbocycles. The number of esters is 1. The Labute approximate surface area is 323 Å². The van der Waals surface area contributed by atoms with E-state index in [0.29, 0.717) is 32.2 Å². The van der Waals surface area contributed by atoms with E-state index in [0.717, 1.165) is 63.9 Å². The molecule has 3 N–H and O–H groups in total. The van der Waals surface area contributed by atoms with E-state index in [1.807, 2.05) is 67.7 Å². The Bertz CT molecular complexity index is 1870. The number of hydrogen-bond donors (Lipinski definition) is 3. The van der Waals surface area contributed by atoms with Crippen LogP contribution < -0.4 is 16.0 Å². The van der Waals surface area contributed by atoms with Gasteiger partial charge in [-0.05, 0) is 90.2 Å². The lowest BCUT2D eigenvalue weighted by Crippen LogP contribution is -2.42. The maximum absolute atomic E-state index is 13.8. The minimum atomic E-state index is -0.880. The summed E-state index contributed by atoms with van der Waals surface area (Å²) in [5, 5.41) is 8.74. The smallest absolute Gasteiger partial charge is 0.407 e. The van der Waals surface area contributed by atoms with Gasteiger partial charge in [0.2, 0.25) is 0 Å². The Morgan fingerprint density at radius 3 is 1.55 bits per heavy atom. The van der Waals surface area contributed by atoms with Gasteiger partial charge in [0.1, 0.15) is 13.2 Å². The topological polar surface area (TPSA) is 132 Å². The summed E-state index contributed by atoms with van der Waals surface area (Å²) in [6.45, 7) is 1.47. The van der Waals surface area contributed by atoms with Gasteiger partial charge in [0, 0.05) is 24.8 Å². The van der Waals surface area contributed by atoms with Crippen molar-refractivity contribution in [3.63, 3.8) is 0 Å². The van der Waals surface area contributed by atoms with Gasteiger partial charge in [0.25, 0.3) is 0 Å². The van der Waals surface area contributed by atoms with Gasteiger partial charge in [-0.25, -0.2) is 9.59 Å². The number of amides is 2. The lowest BCUT2D eigenvalue weighted by atomic mass is 9.92. The van der Waals surface area contributed by atoms with E-state index in [4.69, 9.17) is 14.2 Å². The number of alkyl carbamates (subject to hydrolysis) is 2. The van der Waals surface area contributed by atoms with Crippen LogP contribution in [0.2, 0.25) is 0 Å². The molecule has 10 nitrogen and oxygen atoms in total. The quantitative estimate of drug-likeness (QED) is 0.0505. The summed E-state index contributed by atoms with van der Waals surface area (Å²) >= 11 is 0. The van der Waals surface area contributed by atoms with Crippen molar-refractivity contribution in [2.45, 2.75) is 62.8 Å². The normalized spacial score (nSPS) is 13.8. The number of ketones is 1. The molecule has 0 heterocycles. The van der Waals surface area contributed by atoms with Crippen LogP contribution in [0.4, 0.5) is 9.59 Å². The van der Waals surface area contributed by atoms with E-state index >= 15 is 0 Å². The summed E-state index contributed by atoms with van der Waals surface area (Å²) < 4.78 is 16.5. The second-order valence-electron chi connectivity index (χ2n) is 14.3. The number of rotatable bonds is 19.